The van der Waals surface area contributed by atoms with Crippen LogP contribution in [0.25, 0.3) is 11.2 Å². The molecule has 0 saturated heterocycles. The van der Waals surface area contributed by atoms with E-state index >= 15 is 0 Å². The molecule has 6 nitrogen and oxygen atoms in total. The highest BCUT2D eigenvalue weighted by molar-refractivity contribution is 6.28. The van der Waals surface area contributed by atoms with Crippen LogP contribution < -0.4 is 11.2 Å². The minimum atomic E-state index is 0.113. The Morgan fingerprint density at radius 1 is 1.54 bits per heavy atom. The van der Waals surface area contributed by atoms with Crippen molar-refractivity contribution in [1.29, 1.82) is 0 Å². The maximum atomic E-state index is 5.64. The van der Waals surface area contributed by atoms with Crippen LogP contribution in [0.4, 0.5) is 5.82 Å². The van der Waals surface area contributed by atoms with Gasteiger partial charge in [0.25, 0.3) is 0 Å². The molecule has 2 aromatic rings. The maximum absolute atomic E-state index is 5.64. The zero-order chi connectivity index (χ0) is 9.42. The first-order valence-electron chi connectivity index (χ1n) is 3.56. The van der Waals surface area contributed by atoms with Gasteiger partial charge in [-0.1, -0.05) is 0 Å². The van der Waals surface area contributed by atoms with Crippen LogP contribution >= 0.6 is 11.6 Å². The SMILES string of the molecule is CNn1cnc2c(N)nc(Cl)nc21. The first-order valence-corrected chi connectivity index (χ1v) is 3.94. The molecule has 13 heavy (non-hydrogen) atoms. The first kappa shape index (κ1) is 8.06. The van der Waals surface area contributed by atoms with Crippen LogP contribution in [0.3, 0.4) is 0 Å². The van der Waals surface area contributed by atoms with Crippen molar-refractivity contribution in [3.05, 3.63) is 11.6 Å². The minimum absolute atomic E-state index is 0.113. The Kier molecular flexibility index (Phi) is 1.70. The van der Waals surface area contributed by atoms with Crippen LogP contribution in [0.1, 0.15) is 0 Å². The summed E-state index contributed by atoms with van der Waals surface area (Å²) in [6, 6.07) is 0. The summed E-state index contributed by atoms with van der Waals surface area (Å²) in [5.74, 6) is 0.281. The molecule has 0 amide bonds. The van der Waals surface area contributed by atoms with Crippen molar-refractivity contribution in [3.8, 4) is 0 Å². The molecule has 0 aliphatic rings. The number of halogens is 1. The summed E-state index contributed by atoms with van der Waals surface area (Å²) in [5.41, 5.74) is 9.55. The number of aromatic nitrogens is 4. The van der Waals surface area contributed by atoms with Gasteiger partial charge in [0.15, 0.2) is 17.0 Å². The predicted octanol–water partition coefficient (Wildman–Crippen LogP) is 0.235. The van der Waals surface area contributed by atoms with Gasteiger partial charge in [-0.25, -0.2) is 9.66 Å². The Morgan fingerprint density at radius 3 is 3.00 bits per heavy atom. The summed E-state index contributed by atoms with van der Waals surface area (Å²) in [4.78, 5) is 11.8. The Bertz CT molecular complexity index is 450. The zero-order valence-electron chi connectivity index (χ0n) is 6.82. The van der Waals surface area contributed by atoms with Crippen LogP contribution in [-0.2, 0) is 0 Å². The minimum Gasteiger partial charge on any atom is -0.382 e. The number of fused-ring (bicyclic) bond motifs is 1. The summed E-state index contributed by atoms with van der Waals surface area (Å²) in [7, 11) is 1.74. The molecule has 3 N–H and O–H groups in total. The molecule has 0 unspecified atom stereocenters. The number of nitrogens with one attached hydrogen (secondary N) is 1. The van der Waals surface area contributed by atoms with Crippen molar-refractivity contribution < 1.29 is 0 Å². The molecule has 2 heterocycles. The van der Waals surface area contributed by atoms with E-state index in [1.165, 1.54) is 0 Å². The summed E-state index contributed by atoms with van der Waals surface area (Å²) in [6.07, 6.45) is 1.56. The van der Waals surface area contributed by atoms with Crippen LogP contribution in [0.15, 0.2) is 6.33 Å². The van der Waals surface area contributed by atoms with Crippen molar-refractivity contribution >= 4 is 28.6 Å². The Morgan fingerprint density at radius 2 is 2.31 bits per heavy atom. The molecule has 2 rings (SSSR count). The van der Waals surface area contributed by atoms with E-state index in [0.29, 0.717) is 11.2 Å². The fourth-order valence-corrected chi connectivity index (χ4v) is 1.23. The van der Waals surface area contributed by atoms with Gasteiger partial charge in [0, 0.05) is 7.05 Å². The number of nitrogens with zero attached hydrogens (tertiary/aromatic N) is 4. The number of rotatable bonds is 1. The second-order valence-electron chi connectivity index (χ2n) is 2.39. The summed E-state index contributed by atoms with van der Waals surface area (Å²) in [5, 5.41) is 0.113. The third kappa shape index (κ3) is 1.15. The monoisotopic (exact) mass is 198 g/mol. The number of hydrogen-bond acceptors (Lipinski definition) is 5. The Hall–Kier alpha value is -1.56. The van der Waals surface area contributed by atoms with E-state index in [0.717, 1.165) is 0 Å². The van der Waals surface area contributed by atoms with Crippen molar-refractivity contribution in [2.45, 2.75) is 0 Å². The van der Waals surface area contributed by atoms with E-state index in [4.69, 9.17) is 17.3 Å². The van der Waals surface area contributed by atoms with E-state index in [1.54, 1.807) is 18.1 Å². The Balaban J connectivity index is 2.82. The predicted molar refractivity (Wildman–Crippen MR) is 50.0 cm³/mol. The highest BCUT2D eigenvalue weighted by Gasteiger charge is 2.08. The smallest absolute Gasteiger partial charge is 0.226 e. The molecule has 0 spiro atoms. The van der Waals surface area contributed by atoms with Gasteiger partial charge in [-0.05, 0) is 11.6 Å². The summed E-state index contributed by atoms with van der Waals surface area (Å²) in [6.45, 7) is 0. The molecule has 0 saturated carbocycles. The Labute approximate surface area is 78.7 Å². The van der Waals surface area contributed by atoms with E-state index in [9.17, 15) is 0 Å². The van der Waals surface area contributed by atoms with Gasteiger partial charge in [-0.3, -0.25) is 0 Å². The highest BCUT2D eigenvalue weighted by atomic mass is 35.5. The molecule has 0 fully saturated rings. The third-order valence-electron chi connectivity index (χ3n) is 1.64. The van der Waals surface area contributed by atoms with Crippen LogP contribution in [0.2, 0.25) is 5.28 Å². The summed E-state index contributed by atoms with van der Waals surface area (Å²) >= 11 is 5.64. The maximum Gasteiger partial charge on any atom is 0.226 e. The van der Waals surface area contributed by atoms with Crippen molar-refractivity contribution in [2.24, 2.45) is 0 Å². The van der Waals surface area contributed by atoms with Crippen LogP contribution in [0, 0.1) is 0 Å². The molecule has 0 radical (unpaired) electrons. The lowest BCUT2D eigenvalue weighted by Gasteiger charge is -2.00. The fourth-order valence-electron chi connectivity index (χ4n) is 1.06. The molecule has 0 aliphatic heterocycles. The zero-order valence-corrected chi connectivity index (χ0v) is 7.58. The molecule has 0 aliphatic carbocycles. The molecule has 2 aromatic heterocycles. The quantitative estimate of drug-likeness (QED) is 0.642. The van der Waals surface area contributed by atoms with Crippen LogP contribution in [-0.4, -0.2) is 26.7 Å². The molecule has 0 bridgehead atoms. The normalized spacial score (nSPS) is 10.6. The first-order chi connectivity index (χ1) is 6.22. The van der Waals surface area contributed by atoms with E-state index in [2.05, 4.69) is 20.4 Å². The lowest BCUT2D eigenvalue weighted by molar-refractivity contribution is 0.937. The highest BCUT2D eigenvalue weighted by Crippen LogP contribution is 2.16. The second-order valence-corrected chi connectivity index (χ2v) is 2.73. The molecular weight excluding hydrogens is 192 g/mol. The van der Waals surface area contributed by atoms with Crippen molar-refractivity contribution in [2.75, 3.05) is 18.2 Å². The van der Waals surface area contributed by atoms with Gasteiger partial charge in [0.05, 0.1) is 0 Å². The van der Waals surface area contributed by atoms with E-state index in [-0.39, 0.29) is 11.1 Å². The van der Waals surface area contributed by atoms with Crippen LogP contribution in [0.5, 0.6) is 0 Å². The van der Waals surface area contributed by atoms with Crippen molar-refractivity contribution in [3.63, 3.8) is 0 Å². The lowest BCUT2D eigenvalue weighted by Crippen LogP contribution is -2.08. The average molecular weight is 199 g/mol. The van der Waals surface area contributed by atoms with E-state index in [1.807, 2.05) is 0 Å². The lowest BCUT2D eigenvalue weighted by atomic mass is 10.5. The topological polar surface area (TPSA) is 81.7 Å². The molecule has 0 aromatic carbocycles. The number of nitrogen functional groups attached to an aromatic ring is 1. The molecule has 7 heteroatoms. The fraction of sp³-hybridized carbons (Fsp3) is 0.167. The number of anilines is 1. The number of imidazole rings is 1. The van der Waals surface area contributed by atoms with E-state index < -0.39 is 0 Å². The standard InChI is InChI=1S/C6H7ClN6/c1-9-13-2-10-3-4(8)11-6(7)12-5(3)13/h2,9H,1H3,(H2,8,11,12). The summed E-state index contributed by atoms with van der Waals surface area (Å²) < 4.78 is 1.61. The molecule has 68 valence electrons. The average Bonchev–Trinajstić information content (AvgIpc) is 2.47. The largest absolute Gasteiger partial charge is 0.382 e. The molecular formula is C6H7ClN6. The number of hydrogen-bond donors (Lipinski definition) is 2. The second kappa shape index (κ2) is 2.74. The van der Waals surface area contributed by atoms with Gasteiger partial charge in [0.2, 0.25) is 5.28 Å². The van der Waals surface area contributed by atoms with Gasteiger partial charge in [-0.15, -0.1) is 0 Å². The van der Waals surface area contributed by atoms with Gasteiger partial charge < -0.3 is 11.2 Å². The number of nitrogens with two attached hydrogens (primary N) is 1. The third-order valence-corrected chi connectivity index (χ3v) is 1.81. The van der Waals surface area contributed by atoms with Gasteiger partial charge >= 0.3 is 0 Å². The van der Waals surface area contributed by atoms with Crippen molar-refractivity contribution in [1.82, 2.24) is 19.6 Å². The van der Waals surface area contributed by atoms with Gasteiger partial charge in [-0.2, -0.15) is 9.97 Å². The van der Waals surface area contributed by atoms with Gasteiger partial charge in [0.1, 0.15) is 6.33 Å². The molecule has 0 atom stereocenters.